The Morgan fingerprint density at radius 1 is 1.53 bits per heavy atom. The maximum atomic E-state index is 14.1. The Bertz CT molecular complexity index is 641. The fraction of sp³-hybridized carbons (Fsp3) is 0.600. The van der Waals surface area contributed by atoms with E-state index in [0.717, 1.165) is 12.3 Å². The topological polar surface area (TPSA) is 105 Å². The molecule has 19 heavy (non-hydrogen) atoms. The Kier molecular flexibility index (Phi) is 2.29. The molecule has 9 heteroatoms. The van der Waals surface area contributed by atoms with Gasteiger partial charge in [-0.25, -0.2) is 13.6 Å². The van der Waals surface area contributed by atoms with Gasteiger partial charge in [-0.1, -0.05) is 0 Å². The lowest BCUT2D eigenvalue weighted by molar-refractivity contribution is -0.0988. The molecule has 7 nitrogen and oxygen atoms in total. The van der Waals surface area contributed by atoms with Crippen molar-refractivity contribution in [2.45, 2.75) is 29.7 Å². The van der Waals surface area contributed by atoms with Gasteiger partial charge in [-0.05, 0) is 0 Å². The second-order valence-corrected chi connectivity index (χ2v) is 4.68. The van der Waals surface area contributed by atoms with E-state index in [1.807, 2.05) is 4.98 Å². The van der Waals surface area contributed by atoms with Gasteiger partial charge >= 0.3 is 5.69 Å². The van der Waals surface area contributed by atoms with Gasteiger partial charge in [0.05, 0.1) is 0 Å². The number of ether oxygens (including phenoxy) is 1. The minimum atomic E-state index is -2.37. The first-order valence-electron chi connectivity index (χ1n) is 5.48. The van der Waals surface area contributed by atoms with E-state index in [1.165, 1.54) is 0 Å². The molecule has 0 spiro atoms. The summed E-state index contributed by atoms with van der Waals surface area (Å²) in [6.45, 7) is -1.29. The van der Waals surface area contributed by atoms with E-state index >= 15 is 0 Å². The first-order valence-corrected chi connectivity index (χ1v) is 5.48. The van der Waals surface area contributed by atoms with Crippen LogP contribution in [-0.4, -0.2) is 49.9 Å². The van der Waals surface area contributed by atoms with Crippen LogP contribution in [0.5, 0.6) is 0 Å². The van der Waals surface area contributed by atoms with Gasteiger partial charge in [0.2, 0.25) is 0 Å². The van der Waals surface area contributed by atoms with Gasteiger partial charge < -0.3 is 14.9 Å². The number of nitrogens with zero attached hydrogens (tertiary/aromatic N) is 1. The van der Waals surface area contributed by atoms with Crippen molar-refractivity contribution in [1.29, 1.82) is 0 Å². The predicted octanol–water partition coefficient (Wildman–Crippen LogP) is -1.78. The van der Waals surface area contributed by atoms with Crippen molar-refractivity contribution in [3.05, 3.63) is 33.1 Å². The van der Waals surface area contributed by atoms with Gasteiger partial charge in [-0.2, -0.15) is 0 Å². The smallest absolute Gasteiger partial charge is 0.330 e. The van der Waals surface area contributed by atoms with Crippen molar-refractivity contribution in [2.24, 2.45) is 0 Å². The maximum absolute atomic E-state index is 14.1. The van der Waals surface area contributed by atoms with Gasteiger partial charge in [0, 0.05) is 12.3 Å². The van der Waals surface area contributed by atoms with E-state index < -0.39 is 47.6 Å². The van der Waals surface area contributed by atoms with Crippen molar-refractivity contribution in [3.63, 3.8) is 0 Å². The molecule has 2 fully saturated rings. The number of fused-ring (bicyclic) bond motifs is 1. The van der Waals surface area contributed by atoms with Gasteiger partial charge in [0.1, 0.15) is 12.8 Å². The normalized spacial score (nSPS) is 44.1. The van der Waals surface area contributed by atoms with Gasteiger partial charge in [-0.15, -0.1) is 0 Å². The van der Waals surface area contributed by atoms with Crippen molar-refractivity contribution in [1.82, 2.24) is 9.55 Å². The number of hydrogen-bond donors (Lipinski definition) is 3. The molecule has 1 saturated heterocycles. The summed E-state index contributed by atoms with van der Waals surface area (Å²) in [5.41, 5.74) is -6.05. The van der Waals surface area contributed by atoms with Crippen LogP contribution in [0.15, 0.2) is 21.9 Å². The summed E-state index contributed by atoms with van der Waals surface area (Å²) in [5.74, 6) is 0. The Balaban J connectivity index is 2.02. The molecule has 5 atom stereocenters. The van der Waals surface area contributed by atoms with E-state index in [4.69, 9.17) is 4.74 Å². The summed E-state index contributed by atoms with van der Waals surface area (Å²) >= 11 is 0. The van der Waals surface area contributed by atoms with Crippen LogP contribution in [0.3, 0.4) is 0 Å². The third-order valence-corrected chi connectivity index (χ3v) is 3.78. The average molecular weight is 276 g/mol. The molecule has 0 unspecified atom stereocenters. The van der Waals surface area contributed by atoms with Crippen LogP contribution >= 0.6 is 0 Å². The largest absolute Gasteiger partial charge is 0.387 e. The number of aliphatic hydroxyl groups excluding tert-OH is 1. The van der Waals surface area contributed by atoms with E-state index in [1.54, 1.807) is 0 Å². The minimum Gasteiger partial charge on any atom is -0.387 e. The number of rotatable bonds is 2. The van der Waals surface area contributed by atoms with Crippen molar-refractivity contribution >= 4 is 0 Å². The third kappa shape index (κ3) is 1.24. The number of nitrogens with one attached hydrogen (secondary N) is 1. The van der Waals surface area contributed by atoms with Crippen LogP contribution < -0.4 is 11.2 Å². The Hall–Kier alpha value is -1.58. The highest BCUT2D eigenvalue weighted by atomic mass is 19.1. The third-order valence-electron chi connectivity index (χ3n) is 3.78. The molecule has 0 radical (unpaired) electrons. The van der Waals surface area contributed by atoms with E-state index in [0.29, 0.717) is 4.57 Å². The van der Waals surface area contributed by atoms with E-state index in [-0.39, 0.29) is 0 Å². The molecule has 2 aliphatic rings. The summed E-state index contributed by atoms with van der Waals surface area (Å²) in [6, 6.07) is 0.962. The summed E-state index contributed by atoms with van der Waals surface area (Å²) in [6.07, 6.45) is -4.50. The second kappa shape index (κ2) is 3.50. The zero-order chi connectivity index (χ0) is 14.0. The SMILES string of the molecule is O=c1ccn([C@@H]2O[C@]3(CF)[C@@H](O)[C@]3(O)[C@H]2F)c(=O)[nH]1. The van der Waals surface area contributed by atoms with Gasteiger partial charge in [0.15, 0.2) is 23.6 Å². The quantitative estimate of drug-likeness (QED) is 0.592. The van der Waals surface area contributed by atoms with Crippen molar-refractivity contribution < 1.29 is 23.7 Å². The summed E-state index contributed by atoms with van der Waals surface area (Å²) in [7, 11) is 0. The minimum absolute atomic E-state index is 0.682. The number of halogens is 2. The van der Waals surface area contributed by atoms with E-state index in [9.17, 15) is 28.6 Å². The number of hydrogen-bond acceptors (Lipinski definition) is 5. The molecule has 0 bridgehead atoms. The average Bonchev–Trinajstić information content (AvgIpc) is 2.73. The number of aliphatic hydroxyl groups is 2. The molecule has 0 aromatic carbocycles. The van der Waals surface area contributed by atoms with Crippen LogP contribution in [0.2, 0.25) is 0 Å². The highest BCUT2D eigenvalue weighted by molar-refractivity contribution is 5.35. The summed E-state index contributed by atoms with van der Waals surface area (Å²) in [5, 5.41) is 19.3. The Labute approximate surface area is 104 Å². The predicted molar refractivity (Wildman–Crippen MR) is 56.0 cm³/mol. The molecular formula is C10H10F2N2O5. The Morgan fingerprint density at radius 2 is 2.21 bits per heavy atom. The number of aromatic amines is 1. The lowest BCUT2D eigenvalue weighted by Crippen LogP contribution is -2.39. The molecule has 3 rings (SSSR count). The van der Waals surface area contributed by atoms with Crippen LogP contribution in [-0.2, 0) is 4.74 Å². The molecule has 0 amide bonds. The molecule has 1 aliphatic carbocycles. The summed E-state index contributed by atoms with van der Waals surface area (Å²) in [4.78, 5) is 24.3. The van der Waals surface area contributed by atoms with Gasteiger partial charge in [-0.3, -0.25) is 14.3 Å². The molecule has 1 aromatic rings. The van der Waals surface area contributed by atoms with E-state index in [2.05, 4.69) is 0 Å². The molecule has 1 aliphatic heterocycles. The zero-order valence-corrected chi connectivity index (χ0v) is 9.42. The fourth-order valence-corrected chi connectivity index (χ4v) is 2.57. The maximum Gasteiger partial charge on any atom is 0.330 e. The summed E-state index contributed by atoms with van der Waals surface area (Å²) < 4.78 is 32.7. The molecule has 1 saturated carbocycles. The number of H-pyrrole nitrogens is 1. The van der Waals surface area contributed by atoms with Crippen LogP contribution in [0, 0.1) is 0 Å². The number of alkyl halides is 2. The highest BCUT2D eigenvalue weighted by Gasteiger charge is 2.88. The standard InChI is InChI=1S/C10H10F2N2O5/c11-3-9-7(16)10(9,18)5(12)6(19-9)14-2-1-4(15)13-8(14)17/h1-2,5-7,16,18H,3H2,(H,13,15,17)/t5-,6+,7+,9+,10+/m0/s1. The molecule has 2 heterocycles. The monoisotopic (exact) mass is 276 g/mol. The van der Waals surface area contributed by atoms with Crippen LogP contribution in [0.1, 0.15) is 6.23 Å². The zero-order valence-electron chi connectivity index (χ0n) is 9.42. The lowest BCUT2D eigenvalue weighted by atomic mass is 10.1. The van der Waals surface area contributed by atoms with Crippen LogP contribution in [0.25, 0.3) is 0 Å². The number of aromatic nitrogens is 2. The van der Waals surface area contributed by atoms with Crippen molar-refractivity contribution in [3.8, 4) is 0 Å². The van der Waals surface area contributed by atoms with Crippen molar-refractivity contribution in [2.75, 3.05) is 6.67 Å². The Morgan fingerprint density at radius 3 is 2.74 bits per heavy atom. The highest BCUT2D eigenvalue weighted by Crippen LogP contribution is 2.63. The van der Waals surface area contributed by atoms with Gasteiger partial charge in [0.25, 0.3) is 5.56 Å². The molecule has 1 aromatic heterocycles. The molecular weight excluding hydrogens is 266 g/mol. The molecule has 3 N–H and O–H groups in total. The fourth-order valence-electron chi connectivity index (χ4n) is 2.57. The molecule has 104 valence electrons. The first kappa shape index (κ1) is 12.5. The van der Waals surface area contributed by atoms with Crippen LogP contribution in [0.4, 0.5) is 8.78 Å². The first-order chi connectivity index (χ1) is 8.88. The lowest BCUT2D eigenvalue weighted by Gasteiger charge is -2.21. The second-order valence-electron chi connectivity index (χ2n) is 4.68.